The van der Waals surface area contributed by atoms with Crippen LogP contribution in [-0.2, 0) is 42.7 Å². The van der Waals surface area contributed by atoms with Gasteiger partial charge in [-0.2, -0.15) is 0 Å². The lowest BCUT2D eigenvalue weighted by molar-refractivity contribution is -0.378. The zero-order chi connectivity index (χ0) is 55.8. The Bertz CT molecular complexity index is 1990. The number of aliphatic hydroxyl groups is 13. The van der Waals surface area contributed by atoms with Gasteiger partial charge < -0.3 is 109 Å². The van der Waals surface area contributed by atoms with Crippen molar-refractivity contribution in [1.82, 2.24) is 0 Å². The molecule has 8 rings (SSSR count). The molecule has 0 unspecified atom stereocenters. The maximum absolute atomic E-state index is 14.1. The van der Waals surface area contributed by atoms with E-state index in [4.69, 9.17) is 37.9 Å². The van der Waals surface area contributed by atoms with Gasteiger partial charge in [-0.1, -0.05) is 39.3 Å². The Morgan fingerprint density at radius 1 is 0.579 bits per heavy atom. The Balaban J connectivity index is 1.01. The molecule has 4 saturated carbocycles. The minimum atomic E-state index is -1.83. The van der Waals surface area contributed by atoms with Crippen LogP contribution in [-0.4, -0.2) is 227 Å². The van der Waals surface area contributed by atoms with Gasteiger partial charge >= 0.3 is 0 Å². The molecule has 0 aromatic rings. The van der Waals surface area contributed by atoms with Crippen LogP contribution < -0.4 is 0 Å². The molecule has 8 aliphatic rings. The summed E-state index contributed by atoms with van der Waals surface area (Å²) in [5.74, 6) is -0.135. The number of fused-ring (bicyclic) bond motifs is 5. The number of carbonyl (C=O) groups is 1. The van der Waals surface area contributed by atoms with Gasteiger partial charge in [0, 0.05) is 5.41 Å². The molecule has 0 aromatic heterocycles. The molecule has 0 aromatic carbocycles. The summed E-state index contributed by atoms with van der Waals surface area (Å²) >= 11 is 0. The summed E-state index contributed by atoms with van der Waals surface area (Å²) in [4.78, 5) is 14.1. The van der Waals surface area contributed by atoms with E-state index in [9.17, 15) is 71.2 Å². The molecule has 13 N–H and O–H groups in total. The second kappa shape index (κ2) is 23.1. The highest BCUT2D eigenvalue weighted by Crippen LogP contribution is 2.75. The lowest BCUT2D eigenvalue weighted by Crippen LogP contribution is -2.67. The van der Waals surface area contributed by atoms with Crippen molar-refractivity contribution >= 4 is 6.29 Å². The predicted octanol–water partition coefficient (Wildman–Crippen LogP) is -0.967. The third kappa shape index (κ3) is 10.6. The maximum atomic E-state index is 14.1. The Kier molecular flexibility index (Phi) is 18.4. The molecule has 4 heterocycles. The van der Waals surface area contributed by atoms with Gasteiger partial charge in [0.05, 0.1) is 37.6 Å². The topological polar surface area (TPSA) is 354 Å². The molecule has 4 aliphatic carbocycles. The van der Waals surface area contributed by atoms with Gasteiger partial charge in [-0.15, -0.1) is 0 Å². The van der Waals surface area contributed by atoms with Gasteiger partial charge in [0.15, 0.2) is 25.2 Å². The van der Waals surface area contributed by atoms with E-state index in [1.807, 2.05) is 20.8 Å². The quantitative estimate of drug-likeness (QED) is 0.0503. The van der Waals surface area contributed by atoms with E-state index in [0.29, 0.717) is 32.1 Å². The van der Waals surface area contributed by atoms with E-state index in [1.165, 1.54) is 13.2 Å². The van der Waals surface area contributed by atoms with Crippen molar-refractivity contribution in [2.45, 2.75) is 254 Å². The van der Waals surface area contributed by atoms with E-state index in [1.54, 1.807) is 0 Å². The van der Waals surface area contributed by atoms with Crippen molar-refractivity contribution < 1.29 is 109 Å². The highest BCUT2D eigenvalue weighted by Gasteiger charge is 2.71. The monoisotopic (exact) mass is 1090 g/mol. The fourth-order valence-corrected chi connectivity index (χ4v) is 16.3. The normalized spacial score (nSPS) is 52.1. The Morgan fingerprint density at radius 2 is 1.13 bits per heavy atom. The van der Waals surface area contributed by atoms with Crippen molar-refractivity contribution in [2.24, 2.45) is 45.3 Å². The molecular weight excluding hydrogens is 1000 g/mol. The van der Waals surface area contributed by atoms with Crippen LogP contribution in [0.5, 0.6) is 0 Å². The average molecular weight is 1090 g/mol. The standard InChI is InChI=1S/C54H90O22/c1-24(2)10-9-16-53(8,76-48-44(68)40(64)37(61)28(73-48)22-69-46-42(66)38(62)34(58)25(3)70-46)31-12-11-30-51(31,6)18-14-32-52(30,7)17-13-29-50(4,5)33(15-19-54(29,32)23-57)74-49-45(41(65)36(60)27(21-56)72-49)75-47-43(67)39(63)35(59)26(20-55)71-47/h10,23,25-49,55-56,58-68H,9,11-22H2,1-8H3/t25-,26+,27+,28+,29-,30+,31-,32-,33-,34-,35+,36+,37+,38+,39-,40-,41-,42+,43+,44+,45+,46+,47-,48-,49-,51-,52-,53-,54+/m0/s1. The van der Waals surface area contributed by atoms with Crippen LogP contribution in [0, 0.1) is 45.3 Å². The number of ether oxygens (including phenoxy) is 8. The zero-order valence-corrected chi connectivity index (χ0v) is 45.3. The van der Waals surface area contributed by atoms with Crippen LogP contribution in [0.15, 0.2) is 11.6 Å². The van der Waals surface area contributed by atoms with E-state index >= 15 is 0 Å². The molecule has 0 amide bonds. The Hall–Kier alpha value is -1.43. The van der Waals surface area contributed by atoms with E-state index in [-0.39, 0.29) is 34.5 Å². The summed E-state index contributed by atoms with van der Waals surface area (Å²) in [6.45, 7) is 14.5. The van der Waals surface area contributed by atoms with E-state index in [0.717, 1.165) is 37.7 Å². The summed E-state index contributed by atoms with van der Waals surface area (Å²) in [5.41, 5.74) is -1.91. The summed E-state index contributed by atoms with van der Waals surface area (Å²) in [6, 6.07) is 0. The van der Waals surface area contributed by atoms with Crippen LogP contribution in [0.3, 0.4) is 0 Å². The van der Waals surface area contributed by atoms with Crippen molar-refractivity contribution in [3.8, 4) is 0 Å². The molecule has 4 aliphatic heterocycles. The van der Waals surface area contributed by atoms with Crippen molar-refractivity contribution in [2.75, 3.05) is 19.8 Å². The van der Waals surface area contributed by atoms with Crippen LogP contribution in [0.25, 0.3) is 0 Å². The number of aliphatic hydroxyl groups excluding tert-OH is 13. The molecule has 22 nitrogen and oxygen atoms in total. The smallest absolute Gasteiger partial charge is 0.187 e. The molecule has 438 valence electrons. The number of hydrogen-bond donors (Lipinski definition) is 13. The first-order valence-corrected chi connectivity index (χ1v) is 27.7. The molecular formula is C54H90O22. The van der Waals surface area contributed by atoms with Crippen molar-refractivity contribution in [1.29, 1.82) is 0 Å². The molecule has 22 heteroatoms. The highest BCUT2D eigenvalue weighted by atomic mass is 16.8. The first kappa shape index (κ1) is 60.7. The van der Waals surface area contributed by atoms with Crippen LogP contribution >= 0.6 is 0 Å². The third-order valence-electron chi connectivity index (χ3n) is 20.4. The number of rotatable bonds is 16. The van der Waals surface area contributed by atoms with Crippen molar-refractivity contribution in [3.63, 3.8) is 0 Å². The van der Waals surface area contributed by atoms with Gasteiger partial charge in [0.25, 0.3) is 0 Å². The van der Waals surface area contributed by atoms with Crippen molar-refractivity contribution in [3.05, 3.63) is 11.6 Å². The SMILES string of the molecule is CC(C)=CCC[C@](C)(O[C@@H]1O[C@H](CO[C@@H]2O[C@@H](C)[C@H](O)[C@@H](O)[C@H]2O)[C@@H](O)[C@H](O)[C@H]1O)[C@H]1CC[C@H]2[C@]3(C)CC[C@H]4C(C)(C)[C@@H](O[C@@H]5O[C@H](CO)[C@@H](O)[C@H](O)[C@H]5O[C@@H]5O[C@H](CO)[C@@H](O)[C@H](O)[C@H]5O)CC[C@]4(C=O)[C@H]3CC[C@@]21C. The van der Waals surface area contributed by atoms with E-state index in [2.05, 4.69) is 33.8 Å². The predicted molar refractivity (Wildman–Crippen MR) is 264 cm³/mol. The molecule has 0 radical (unpaired) electrons. The largest absolute Gasteiger partial charge is 0.394 e. The fourth-order valence-electron chi connectivity index (χ4n) is 16.3. The average Bonchev–Trinajstić information content (AvgIpc) is 3.97. The first-order chi connectivity index (χ1) is 35.6. The number of allylic oxidation sites excluding steroid dienone is 2. The molecule has 0 bridgehead atoms. The van der Waals surface area contributed by atoms with Crippen LogP contribution in [0.1, 0.15) is 120 Å². The summed E-state index contributed by atoms with van der Waals surface area (Å²) in [6.07, 6.45) is -21.1. The fraction of sp³-hybridized carbons (Fsp3) is 0.944. The van der Waals surface area contributed by atoms with Gasteiger partial charge in [0.2, 0.25) is 0 Å². The van der Waals surface area contributed by atoms with Gasteiger partial charge in [-0.25, -0.2) is 0 Å². The highest BCUT2D eigenvalue weighted by molar-refractivity contribution is 5.62. The first-order valence-electron chi connectivity index (χ1n) is 27.7. The maximum Gasteiger partial charge on any atom is 0.187 e. The van der Waals surface area contributed by atoms with E-state index < -0.39 is 165 Å². The second-order valence-electron chi connectivity index (χ2n) is 25.4. The number of hydrogen-bond acceptors (Lipinski definition) is 22. The van der Waals surface area contributed by atoms with Gasteiger partial charge in [-0.3, -0.25) is 0 Å². The minimum Gasteiger partial charge on any atom is -0.394 e. The lowest BCUT2D eigenvalue weighted by Gasteiger charge is -2.68. The van der Waals surface area contributed by atoms with Gasteiger partial charge in [-0.05, 0) is 132 Å². The van der Waals surface area contributed by atoms with Crippen LogP contribution in [0.2, 0.25) is 0 Å². The van der Waals surface area contributed by atoms with Crippen LogP contribution in [0.4, 0.5) is 0 Å². The lowest BCUT2D eigenvalue weighted by atomic mass is 9.36. The third-order valence-corrected chi connectivity index (χ3v) is 20.4. The molecule has 8 fully saturated rings. The molecule has 29 atom stereocenters. The number of aldehydes is 1. The summed E-state index contributed by atoms with van der Waals surface area (Å²) in [5, 5.41) is 139. The molecule has 0 spiro atoms. The Labute approximate surface area is 445 Å². The molecule has 76 heavy (non-hydrogen) atoms. The summed E-state index contributed by atoms with van der Waals surface area (Å²) in [7, 11) is 0. The number of carbonyl (C=O) groups excluding carboxylic acids is 1. The van der Waals surface area contributed by atoms with Gasteiger partial charge in [0.1, 0.15) is 97.8 Å². The Morgan fingerprint density at radius 3 is 1.76 bits per heavy atom. The zero-order valence-electron chi connectivity index (χ0n) is 45.3. The summed E-state index contributed by atoms with van der Waals surface area (Å²) < 4.78 is 49.1. The second-order valence-corrected chi connectivity index (χ2v) is 25.4. The minimum absolute atomic E-state index is 0.0185. The molecule has 4 saturated heterocycles.